The summed E-state index contributed by atoms with van der Waals surface area (Å²) in [5.41, 5.74) is 0.0944. The minimum absolute atomic E-state index is 0.0944. The van der Waals surface area contributed by atoms with Crippen molar-refractivity contribution in [1.29, 1.82) is 0 Å². The van der Waals surface area contributed by atoms with Crippen LogP contribution >= 0.6 is 15.9 Å². The van der Waals surface area contributed by atoms with Gasteiger partial charge in [0.1, 0.15) is 12.1 Å². The zero-order chi connectivity index (χ0) is 13.1. The third kappa shape index (κ3) is 2.69. The van der Waals surface area contributed by atoms with Crippen molar-refractivity contribution < 1.29 is 14.0 Å². The zero-order valence-corrected chi connectivity index (χ0v) is 11.5. The summed E-state index contributed by atoms with van der Waals surface area (Å²) in [6.07, 6.45) is 4.16. The Morgan fingerprint density at radius 1 is 1.33 bits per heavy atom. The Kier molecular flexibility index (Phi) is 4.27. The standard InChI is InChI=1S/C14H14BrFO2/c15-10-5-6-12(13(16)7-10)14(18)11-4-2-1-3-9(11)8-17/h5-9,11H,1-4H2. The first-order valence-electron chi connectivity index (χ1n) is 6.08. The number of ketones is 1. The van der Waals surface area contributed by atoms with Gasteiger partial charge in [-0.05, 0) is 31.0 Å². The largest absolute Gasteiger partial charge is 0.303 e. The van der Waals surface area contributed by atoms with Gasteiger partial charge < -0.3 is 4.79 Å². The fourth-order valence-electron chi connectivity index (χ4n) is 2.54. The first kappa shape index (κ1) is 13.4. The van der Waals surface area contributed by atoms with E-state index in [9.17, 15) is 14.0 Å². The molecule has 2 rings (SSSR count). The highest BCUT2D eigenvalue weighted by atomic mass is 79.9. The van der Waals surface area contributed by atoms with E-state index in [0.29, 0.717) is 10.9 Å². The van der Waals surface area contributed by atoms with E-state index >= 15 is 0 Å². The van der Waals surface area contributed by atoms with E-state index in [2.05, 4.69) is 15.9 Å². The summed E-state index contributed by atoms with van der Waals surface area (Å²) in [6, 6.07) is 4.42. The van der Waals surface area contributed by atoms with Crippen LogP contribution in [0.5, 0.6) is 0 Å². The van der Waals surface area contributed by atoms with Crippen LogP contribution in [0.3, 0.4) is 0 Å². The molecule has 0 saturated heterocycles. The van der Waals surface area contributed by atoms with Gasteiger partial charge >= 0.3 is 0 Å². The minimum Gasteiger partial charge on any atom is -0.303 e. The van der Waals surface area contributed by atoms with Crippen LogP contribution in [0.15, 0.2) is 22.7 Å². The molecule has 1 aromatic rings. The average Bonchev–Trinajstić information content (AvgIpc) is 2.38. The van der Waals surface area contributed by atoms with Crippen molar-refractivity contribution in [2.75, 3.05) is 0 Å². The molecule has 1 aromatic carbocycles. The Morgan fingerprint density at radius 3 is 2.72 bits per heavy atom. The first-order valence-corrected chi connectivity index (χ1v) is 6.87. The molecule has 1 saturated carbocycles. The Labute approximate surface area is 114 Å². The van der Waals surface area contributed by atoms with Gasteiger partial charge in [0.2, 0.25) is 0 Å². The maximum absolute atomic E-state index is 13.7. The SMILES string of the molecule is O=CC1CCCCC1C(=O)c1ccc(Br)cc1F. The summed E-state index contributed by atoms with van der Waals surface area (Å²) >= 11 is 3.16. The van der Waals surface area contributed by atoms with Crippen LogP contribution < -0.4 is 0 Å². The normalized spacial score (nSPS) is 23.7. The third-order valence-electron chi connectivity index (χ3n) is 3.53. The number of halogens is 2. The highest BCUT2D eigenvalue weighted by Crippen LogP contribution is 2.32. The number of aldehydes is 1. The molecule has 0 bridgehead atoms. The van der Waals surface area contributed by atoms with Gasteiger partial charge in [-0.15, -0.1) is 0 Å². The lowest BCUT2D eigenvalue weighted by molar-refractivity contribution is -0.112. The van der Waals surface area contributed by atoms with Crippen molar-refractivity contribution in [1.82, 2.24) is 0 Å². The monoisotopic (exact) mass is 312 g/mol. The van der Waals surface area contributed by atoms with Crippen LogP contribution in [0, 0.1) is 17.7 Å². The molecular weight excluding hydrogens is 299 g/mol. The molecule has 2 atom stereocenters. The molecule has 0 amide bonds. The number of carbonyl (C=O) groups is 2. The van der Waals surface area contributed by atoms with Gasteiger partial charge in [-0.3, -0.25) is 4.79 Å². The number of hydrogen-bond acceptors (Lipinski definition) is 2. The lowest BCUT2D eigenvalue weighted by Gasteiger charge is -2.26. The maximum atomic E-state index is 13.7. The molecule has 0 radical (unpaired) electrons. The first-order chi connectivity index (χ1) is 8.63. The van der Waals surface area contributed by atoms with Crippen LogP contribution in [0.25, 0.3) is 0 Å². The van der Waals surface area contributed by atoms with E-state index in [1.807, 2.05) is 0 Å². The Bertz CT molecular complexity index is 473. The van der Waals surface area contributed by atoms with E-state index in [1.54, 1.807) is 6.07 Å². The molecule has 0 aliphatic heterocycles. The molecule has 2 nitrogen and oxygen atoms in total. The number of carbonyl (C=O) groups excluding carboxylic acids is 2. The molecule has 0 heterocycles. The molecular formula is C14H14BrFO2. The quantitative estimate of drug-likeness (QED) is 0.629. The summed E-state index contributed by atoms with van der Waals surface area (Å²) in [5.74, 6) is -1.37. The second kappa shape index (κ2) is 5.74. The van der Waals surface area contributed by atoms with Gasteiger partial charge in [0.05, 0.1) is 5.56 Å². The lowest BCUT2D eigenvalue weighted by Crippen LogP contribution is -2.28. The molecule has 4 heteroatoms. The van der Waals surface area contributed by atoms with Crippen LogP contribution in [0.1, 0.15) is 36.0 Å². The van der Waals surface area contributed by atoms with Gasteiger partial charge in [0, 0.05) is 16.3 Å². The summed E-state index contributed by atoms with van der Waals surface area (Å²) in [4.78, 5) is 23.3. The van der Waals surface area contributed by atoms with E-state index in [-0.39, 0.29) is 23.2 Å². The van der Waals surface area contributed by atoms with Crippen LogP contribution in [0.2, 0.25) is 0 Å². The zero-order valence-electron chi connectivity index (χ0n) is 9.86. The molecule has 18 heavy (non-hydrogen) atoms. The van der Waals surface area contributed by atoms with E-state index < -0.39 is 5.82 Å². The third-order valence-corrected chi connectivity index (χ3v) is 4.02. The summed E-state index contributed by atoms with van der Waals surface area (Å²) in [7, 11) is 0. The molecule has 96 valence electrons. The molecule has 1 aliphatic rings. The Morgan fingerprint density at radius 2 is 2.06 bits per heavy atom. The lowest BCUT2D eigenvalue weighted by atomic mass is 9.76. The second-order valence-electron chi connectivity index (χ2n) is 4.68. The molecule has 1 aliphatic carbocycles. The predicted octanol–water partition coefficient (Wildman–Crippen LogP) is 3.78. The number of hydrogen-bond donors (Lipinski definition) is 0. The van der Waals surface area contributed by atoms with Crippen molar-refractivity contribution in [3.05, 3.63) is 34.1 Å². The van der Waals surface area contributed by atoms with Gasteiger partial charge in [0.15, 0.2) is 5.78 Å². The van der Waals surface area contributed by atoms with Gasteiger partial charge in [-0.25, -0.2) is 4.39 Å². The molecule has 2 unspecified atom stereocenters. The van der Waals surface area contributed by atoms with Crippen molar-refractivity contribution in [2.45, 2.75) is 25.7 Å². The smallest absolute Gasteiger partial charge is 0.169 e. The number of rotatable bonds is 3. The van der Waals surface area contributed by atoms with Crippen LogP contribution in [-0.4, -0.2) is 12.1 Å². The van der Waals surface area contributed by atoms with E-state index in [1.165, 1.54) is 12.1 Å². The Hall–Kier alpha value is -1.03. The Balaban J connectivity index is 2.26. The summed E-state index contributed by atoms with van der Waals surface area (Å²) < 4.78 is 14.4. The van der Waals surface area contributed by atoms with Gasteiger partial charge in [0.25, 0.3) is 0 Å². The van der Waals surface area contributed by atoms with Crippen molar-refractivity contribution in [3.8, 4) is 0 Å². The number of benzene rings is 1. The van der Waals surface area contributed by atoms with Crippen molar-refractivity contribution >= 4 is 28.0 Å². The fraction of sp³-hybridized carbons (Fsp3) is 0.429. The van der Waals surface area contributed by atoms with Gasteiger partial charge in [-0.2, -0.15) is 0 Å². The predicted molar refractivity (Wildman–Crippen MR) is 69.9 cm³/mol. The summed E-state index contributed by atoms with van der Waals surface area (Å²) in [6.45, 7) is 0. The van der Waals surface area contributed by atoms with Crippen LogP contribution in [-0.2, 0) is 4.79 Å². The maximum Gasteiger partial charge on any atom is 0.169 e. The fourth-order valence-corrected chi connectivity index (χ4v) is 2.87. The molecule has 0 spiro atoms. The van der Waals surface area contributed by atoms with Crippen molar-refractivity contribution in [3.63, 3.8) is 0 Å². The highest BCUT2D eigenvalue weighted by Gasteiger charge is 2.32. The summed E-state index contributed by atoms with van der Waals surface area (Å²) in [5, 5.41) is 0. The highest BCUT2D eigenvalue weighted by molar-refractivity contribution is 9.10. The topological polar surface area (TPSA) is 34.1 Å². The average molecular weight is 313 g/mol. The minimum atomic E-state index is -0.524. The molecule has 1 fully saturated rings. The molecule has 0 aromatic heterocycles. The van der Waals surface area contributed by atoms with E-state index in [0.717, 1.165) is 25.5 Å². The van der Waals surface area contributed by atoms with Crippen LogP contribution in [0.4, 0.5) is 4.39 Å². The second-order valence-corrected chi connectivity index (χ2v) is 5.59. The van der Waals surface area contributed by atoms with Gasteiger partial charge in [-0.1, -0.05) is 28.8 Å². The van der Waals surface area contributed by atoms with E-state index in [4.69, 9.17) is 0 Å². The number of Topliss-reactive ketones (excluding diaryl/α,β-unsaturated/α-hetero) is 1. The van der Waals surface area contributed by atoms with Crippen molar-refractivity contribution in [2.24, 2.45) is 11.8 Å². The molecule has 0 N–H and O–H groups in total.